The van der Waals surface area contributed by atoms with E-state index in [-0.39, 0.29) is 0 Å². The van der Waals surface area contributed by atoms with Gasteiger partial charge in [-0.25, -0.2) is 0 Å². The van der Waals surface area contributed by atoms with Crippen LogP contribution < -0.4 is 11.0 Å². The van der Waals surface area contributed by atoms with Crippen LogP contribution in [0.15, 0.2) is 20.0 Å². The molecule has 0 fully saturated rings. The molecule has 10 aliphatic rings. The maximum Gasteiger partial charge on any atom is 0.404 e. The Labute approximate surface area is 430 Å². The van der Waals surface area contributed by atoms with Gasteiger partial charge in [-0.1, -0.05) is 75.4 Å². The van der Waals surface area contributed by atoms with Gasteiger partial charge in [-0.2, -0.15) is 9.13 Å². The summed E-state index contributed by atoms with van der Waals surface area (Å²) in [5, 5.41) is 5.12. The number of hydrogen-bond acceptors (Lipinski definition) is 4. The Hall–Kier alpha value is -5.76. The molecule has 8 atom stereocenters. The lowest BCUT2D eigenvalue weighted by molar-refractivity contribution is -0.790. The van der Waals surface area contributed by atoms with Crippen molar-refractivity contribution >= 4 is 56.5 Å². The van der Waals surface area contributed by atoms with Crippen molar-refractivity contribution in [1.82, 2.24) is 9.13 Å². The molecule has 4 aromatic carbocycles. The SMILES string of the molecule is Cc1c2c(c(C)c3c1C1=Nc4c5c(C)c6c(c(C)c5c5n4C47n8c(c9c(C)c%10c(c(C)c9c8=NC8=[N+]4C(=N5)c4c(C)c5c(c(C)c48)CC(C)C(C)C5)CC(C)C(C)C%10)=NC3=[N+]17)CC(C)C(C)C6)CC(C)C(C)C2. The normalized spacial score (nSPS) is 29.0. The van der Waals surface area contributed by atoms with Crippen LogP contribution in [0.1, 0.15) is 167 Å². The Bertz CT molecular complexity index is 3840. The maximum atomic E-state index is 6.22. The zero-order chi connectivity index (χ0) is 50.4. The van der Waals surface area contributed by atoms with Gasteiger partial charge in [0.15, 0.2) is 0 Å². The molecule has 73 heavy (non-hydrogen) atoms. The quantitative estimate of drug-likeness (QED) is 0.136. The van der Waals surface area contributed by atoms with E-state index in [2.05, 4.69) is 129 Å². The predicted octanol–water partition coefficient (Wildman–Crippen LogP) is 11.7. The molecule has 1 spiro atoms. The van der Waals surface area contributed by atoms with Crippen LogP contribution in [0.3, 0.4) is 0 Å². The van der Waals surface area contributed by atoms with Gasteiger partial charge in [-0.15, -0.1) is 9.15 Å². The van der Waals surface area contributed by atoms with Gasteiger partial charge in [0.05, 0.1) is 43.8 Å². The number of rotatable bonds is 0. The number of aromatic nitrogens is 2. The van der Waals surface area contributed by atoms with E-state index in [1.54, 1.807) is 0 Å². The third kappa shape index (κ3) is 4.66. The Kier molecular flexibility index (Phi) is 8.10. The van der Waals surface area contributed by atoms with Crippen molar-refractivity contribution < 1.29 is 9.15 Å². The minimum Gasteiger partial charge on any atom is -0.192 e. The van der Waals surface area contributed by atoms with Gasteiger partial charge in [0, 0.05) is 0 Å². The fourth-order valence-corrected chi connectivity index (χ4v) is 17.4. The predicted molar refractivity (Wildman–Crippen MR) is 294 cm³/mol. The number of aliphatic imine (C=N–C) groups is 2. The van der Waals surface area contributed by atoms with E-state index in [0.717, 1.165) is 97.3 Å². The first-order valence-corrected chi connectivity index (χ1v) is 28.5. The largest absolute Gasteiger partial charge is 0.404 e. The average molecular weight is 965 g/mol. The van der Waals surface area contributed by atoms with E-state index in [4.69, 9.17) is 20.0 Å². The highest BCUT2D eigenvalue weighted by atomic mass is 15.7. The second-order valence-corrected chi connectivity index (χ2v) is 26.3. The first-order chi connectivity index (χ1) is 34.9. The van der Waals surface area contributed by atoms with Crippen molar-refractivity contribution in [2.45, 2.75) is 168 Å². The summed E-state index contributed by atoms with van der Waals surface area (Å²) in [4.78, 5) is 24.9. The molecule has 8 heterocycles. The van der Waals surface area contributed by atoms with E-state index >= 15 is 0 Å². The van der Waals surface area contributed by atoms with Crippen molar-refractivity contribution in [3.05, 3.63) is 122 Å². The minimum atomic E-state index is -1.03. The summed E-state index contributed by atoms with van der Waals surface area (Å²) >= 11 is 0. The van der Waals surface area contributed by atoms with Gasteiger partial charge in [0.2, 0.25) is 22.6 Å². The van der Waals surface area contributed by atoms with Gasteiger partial charge in [0.25, 0.3) is 23.3 Å². The molecule has 2 aromatic heterocycles. The Balaban J connectivity index is 1.17. The molecule has 0 bridgehead atoms. The average Bonchev–Trinajstić information content (AvgIpc) is 4.09. The summed E-state index contributed by atoms with van der Waals surface area (Å²) < 4.78 is 10.6. The Morgan fingerprint density at radius 2 is 0.589 bits per heavy atom. The van der Waals surface area contributed by atoms with Gasteiger partial charge in [-0.05, 0) is 243 Å². The van der Waals surface area contributed by atoms with Gasteiger partial charge < -0.3 is 0 Å². The zero-order valence-corrected chi connectivity index (χ0v) is 46.4. The summed E-state index contributed by atoms with van der Waals surface area (Å²) in [6, 6.07) is 0. The molecule has 8 heteroatoms. The van der Waals surface area contributed by atoms with Crippen LogP contribution in [0.4, 0.5) is 11.6 Å². The van der Waals surface area contributed by atoms with Crippen LogP contribution in [0.2, 0.25) is 0 Å². The van der Waals surface area contributed by atoms with E-state index in [1.807, 2.05) is 0 Å². The Morgan fingerprint density at radius 3 is 0.890 bits per heavy atom. The molecule has 6 aromatic rings. The van der Waals surface area contributed by atoms with E-state index in [9.17, 15) is 0 Å². The smallest absolute Gasteiger partial charge is 0.192 e. The van der Waals surface area contributed by atoms with Crippen LogP contribution in [0.25, 0.3) is 21.5 Å². The zero-order valence-electron chi connectivity index (χ0n) is 46.4. The van der Waals surface area contributed by atoms with Crippen LogP contribution in [0.5, 0.6) is 0 Å². The number of fused-ring (bicyclic) bond motifs is 16. The van der Waals surface area contributed by atoms with Crippen LogP contribution in [-0.2, 0) is 57.3 Å². The maximum absolute atomic E-state index is 6.22. The molecule has 16 rings (SSSR count). The fraction of sp³-hybridized carbons (Fsp3) is 0.508. The lowest BCUT2D eigenvalue weighted by Crippen LogP contribution is -2.71. The van der Waals surface area contributed by atoms with Crippen LogP contribution in [-0.4, -0.2) is 41.6 Å². The highest BCUT2D eigenvalue weighted by Gasteiger charge is 2.71. The summed E-state index contributed by atoms with van der Waals surface area (Å²) in [5.74, 6) is 10.1. The molecule has 0 saturated carbocycles. The van der Waals surface area contributed by atoms with Crippen molar-refractivity contribution in [3.8, 4) is 0 Å². The number of amidine groups is 4. The van der Waals surface area contributed by atoms with E-state index < -0.39 is 5.91 Å². The molecule has 8 nitrogen and oxygen atoms in total. The number of benzene rings is 4. The summed E-state index contributed by atoms with van der Waals surface area (Å²) in [7, 11) is 0. The Morgan fingerprint density at radius 1 is 0.329 bits per heavy atom. The van der Waals surface area contributed by atoms with Gasteiger partial charge in [0.1, 0.15) is 0 Å². The summed E-state index contributed by atoms with van der Waals surface area (Å²) in [5.41, 5.74) is 30.6. The molecular formula is C65H72N8+2. The third-order valence-corrected chi connectivity index (χ3v) is 22.7. The molecule has 4 aliphatic carbocycles. The fourth-order valence-electron chi connectivity index (χ4n) is 17.4. The standard InChI is InChI=1S/C65H72N8/c1-25-17-41-33(9)49-50(34(10)42(41)18-26(25)2)58-67-60-53-37(13)45-21-29(5)30(6)22-46(45)38(14)54(53)62-69-64-56-40(16)48-24-32(8)31(7)23-47(48)39(15)55(56)63-68-61-52-36(12)44-20-28(4)27(3)19-43(44)35(11)51(52)59-66-57(49)70(58)65(71(59)61,72(60)62)73(63)64/h25-32H,17-24H2,1-16H3/q+2. The molecule has 0 amide bonds. The summed E-state index contributed by atoms with van der Waals surface area (Å²) in [6.45, 7) is 39.2. The second-order valence-electron chi connectivity index (χ2n) is 26.3. The first kappa shape index (κ1) is 43.6. The van der Waals surface area contributed by atoms with E-state index in [1.165, 1.54) is 133 Å². The van der Waals surface area contributed by atoms with Gasteiger partial charge in [-0.3, -0.25) is 0 Å². The molecule has 8 unspecified atom stereocenters. The van der Waals surface area contributed by atoms with Crippen molar-refractivity contribution in [3.63, 3.8) is 0 Å². The number of aryl methyl sites for hydroxylation is 4. The van der Waals surface area contributed by atoms with Crippen molar-refractivity contribution in [2.24, 2.45) is 67.3 Å². The topological polar surface area (TPSA) is 65.3 Å². The monoisotopic (exact) mass is 965 g/mol. The second kappa shape index (κ2) is 13.6. The number of hydrogen-bond donors (Lipinski definition) is 0. The lowest BCUT2D eigenvalue weighted by atomic mass is 9.73. The molecule has 6 aliphatic heterocycles. The number of nitrogens with zero attached hydrogens (tertiary/aromatic N) is 8. The third-order valence-electron chi connectivity index (χ3n) is 22.7. The molecule has 370 valence electrons. The molecular weight excluding hydrogens is 893 g/mol. The van der Waals surface area contributed by atoms with Crippen molar-refractivity contribution in [2.75, 3.05) is 0 Å². The highest BCUT2D eigenvalue weighted by Crippen LogP contribution is 2.58. The van der Waals surface area contributed by atoms with Crippen LogP contribution in [0, 0.1) is 103 Å². The van der Waals surface area contributed by atoms with Crippen molar-refractivity contribution in [1.29, 1.82) is 0 Å². The first-order valence-electron chi connectivity index (χ1n) is 28.5. The minimum absolute atomic E-state index is 0.612. The highest BCUT2D eigenvalue weighted by molar-refractivity contribution is 6.22. The lowest BCUT2D eigenvalue weighted by Gasteiger charge is -2.40. The molecule has 0 radical (unpaired) electrons. The molecule has 0 saturated heterocycles. The van der Waals surface area contributed by atoms with Crippen LogP contribution >= 0.6 is 0 Å². The van der Waals surface area contributed by atoms with E-state index in [0.29, 0.717) is 47.3 Å². The molecule has 0 N–H and O–H groups in total. The van der Waals surface area contributed by atoms with Gasteiger partial charge >= 0.3 is 5.91 Å². The summed E-state index contributed by atoms with van der Waals surface area (Å²) in [6.07, 6.45) is 8.75.